The van der Waals surface area contributed by atoms with Crippen molar-refractivity contribution in [2.75, 3.05) is 19.1 Å². The number of thioether (sulfide) groups is 1. The second-order valence-corrected chi connectivity index (χ2v) is 4.04. The van der Waals surface area contributed by atoms with Gasteiger partial charge < -0.3 is 5.32 Å². The summed E-state index contributed by atoms with van der Waals surface area (Å²) < 4.78 is 0. The average molecular weight is 213 g/mol. The van der Waals surface area contributed by atoms with Crippen LogP contribution in [0.25, 0.3) is 0 Å². The third-order valence-corrected chi connectivity index (χ3v) is 3.16. The van der Waals surface area contributed by atoms with Crippen molar-refractivity contribution in [3.63, 3.8) is 0 Å². The lowest BCUT2D eigenvalue weighted by Gasteiger charge is -2.13. The predicted octanol–water partition coefficient (Wildman–Crippen LogP) is 2.60. The molecule has 0 saturated heterocycles. The van der Waals surface area contributed by atoms with Gasteiger partial charge in [-0.05, 0) is 31.0 Å². The van der Waals surface area contributed by atoms with Crippen LogP contribution in [0.4, 0.5) is 0 Å². The lowest BCUT2D eigenvalue weighted by Crippen LogP contribution is -2.17. The maximum Gasteiger partial charge on any atom is 0.0406 e. The third-order valence-electron chi connectivity index (χ3n) is 2.05. The first-order valence-corrected chi connectivity index (χ1v) is 6.09. The van der Waals surface area contributed by atoms with E-state index in [1.807, 2.05) is 7.05 Å². The minimum Gasteiger partial charge on any atom is -0.312 e. The highest BCUT2D eigenvalue weighted by Gasteiger charge is 2.05. The second-order valence-electron chi connectivity index (χ2n) is 2.80. The molecule has 0 spiro atoms. The van der Waals surface area contributed by atoms with Gasteiger partial charge in [-0.1, -0.05) is 12.1 Å². The molecule has 0 saturated carbocycles. The Morgan fingerprint density at radius 1 is 1.38 bits per heavy atom. The van der Waals surface area contributed by atoms with E-state index in [1.54, 1.807) is 11.8 Å². The maximum atomic E-state index is 4.29. The molecule has 3 heteroatoms. The molecule has 1 aromatic rings. The quantitative estimate of drug-likeness (QED) is 0.589. The van der Waals surface area contributed by atoms with E-state index in [4.69, 9.17) is 0 Å². The van der Waals surface area contributed by atoms with Gasteiger partial charge in [-0.25, -0.2) is 0 Å². The topological polar surface area (TPSA) is 12.0 Å². The van der Waals surface area contributed by atoms with Crippen molar-refractivity contribution in [1.29, 1.82) is 0 Å². The van der Waals surface area contributed by atoms with Gasteiger partial charge in [0.25, 0.3) is 0 Å². The molecule has 1 aromatic carbocycles. The standard InChI is InChI=1S/C10H15NS2/c1-11-10(7-12)8-3-5-9(13-2)6-4-8/h3-6,10-12H,7H2,1-2H3. The van der Waals surface area contributed by atoms with Gasteiger partial charge in [-0.15, -0.1) is 11.8 Å². The van der Waals surface area contributed by atoms with Gasteiger partial charge in [0, 0.05) is 16.7 Å². The van der Waals surface area contributed by atoms with Crippen molar-refractivity contribution in [3.05, 3.63) is 29.8 Å². The van der Waals surface area contributed by atoms with Crippen LogP contribution in [0.2, 0.25) is 0 Å². The highest BCUT2D eigenvalue weighted by molar-refractivity contribution is 7.98. The molecular formula is C10H15NS2. The molecule has 72 valence electrons. The lowest BCUT2D eigenvalue weighted by atomic mass is 10.1. The Kier molecular flexibility index (Phi) is 4.70. The number of thiol groups is 1. The van der Waals surface area contributed by atoms with E-state index in [1.165, 1.54) is 10.5 Å². The van der Waals surface area contributed by atoms with Crippen LogP contribution < -0.4 is 5.32 Å². The van der Waals surface area contributed by atoms with Crippen LogP contribution in [0, 0.1) is 0 Å². The molecule has 1 nitrogen and oxygen atoms in total. The van der Waals surface area contributed by atoms with Crippen molar-refractivity contribution in [1.82, 2.24) is 5.32 Å². The highest BCUT2D eigenvalue weighted by Crippen LogP contribution is 2.19. The van der Waals surface area contributed by atoms with E-state index in [9.17, 15) is 0 Å². The van der Waals surface area contributed by atoms with Gasteiger partial charge in [-0.3, -0.25) is 0 Å². The molecular weight excluding hydrogens is 198 g/mol. The third kappa shape index (κ3) is 2.93. The summed E-state index contributed by atoms with van der Waals surface area (Å²) in [7, 11) is 1.96. The zero-order valence-electron chi connectivity index (χ0n) is 7.95. The Morgan fingerprint density at radius 2 is 2.00 bits per heavy atom. The number of hydrogen-bond acceptors (Lipinski definition) is 3. The van der Waals surface area contributed by atoms with Crippen LogP contribution in [0.5, 0.6) is 0 Å². The van der Waals surface area contributed by atoms with Crippen LogP contribution in [-0.4, -0.2) is 19.1 Å². The average Bonchev–Trinajstić information content (AvgIpc) is 2.21. The Labute approximate surface area is 89.7 Å². The summed E-state index contributed by atoms with van der Waals surface area (Å²) in [6, 6.07) is 8.97. The molecule has 1 unspecified atom stereocenters. The van der Waals surface area contributed by atoms with Crippen LogP contribution in [-0.2, 0) is 0 Å². The molecule has 1 rings (SSSR count). The smallest absolute Gasteiger partial charge is 0.0406 e. The molecule has 0 aromatic heterocycles. The zero-order chi connectivity index (χ0) is 9.68. The van der Waals surface area contributed by atoms with Crippen LogP contribution in [0.15, 0.2) is 29.2 Å². The van der Waals surface area contributed by atoms with Crippen LogP contribution >= 0.6 is 24.4 Å². The largest absolute Gasteiger partial charge is 0.312 e. The maximum absolute atomic E-state index is 4.29. The fraction of sp³-hybridized carbons (Fsp3) is 0.400. The van der Waals surface area contributed by atoms with E-state index < -0.39 is 0 Å². The van der Waals surface area contributed by atoms with Gasteiger partial charge >= 0.3 is 0 Å². The highest BCUT2D eigenvalue weighted by atomic mass is 32.2. The minimum atomic E-state index is 0.360. The molecule has 0 heterocycles. The Balaban J connectivity index is 2.78. The van der Waals surface area contributed by atoms with Crippen molar-refractivity contribution < 1.29 is 0 Å². The van der Waals surface area contributed by atoms with E-state index in [-0.39, 0.29) is 0 Å². The normalized spacial score (nSPS) is 12.8. The summed E-state index contributed by atoms with van der Waals surface area (Å²) in [4.78, 5) is 1.30. The first-order valence-electron chi connectivity index (χ1n) is 4.24. The molecule has 0 fully saturated rings. The minimum absolute atomic E-state index is 0.360. The Bertz CT molecular complexity index is 242. The molecule has 0 amide bonds. The van der Waals surface area contributed by atoms with Crippen molar-refractivity contribution >= 4 is 24.4 Å². The summed E-state index contributed by atoms with van der Waals surface area (Å²) in [6.45, 7) is 0. The molecule has 0 radical (unpaired) electrons. The number of hydrogen-bond donors (Lipinski definition) is 2. The monoisotopic (exact) mass is 213 g/mol. The van der Waals surface area contributed by atoms with Crippen molar-refractivity contribution in [2.24, 2.45) is 0 Å². The summed E-state index contributed by atoms with van der Waals surface area (Å²) in [5.74, 6) is 0.828. The van der Waals surface area contributed by atoms with Crippen molar-refractivity contribution in [2.45, 2.75) is 10.9 Å². The summed E-state index contributed by atoms with van der Waals surface area (Å²) >= 11 is 6.05. The fourth-order valence-corrected chi connectivity index (χ4v) is 2.00. The first-order chi connectivity index (χ1) is 6.31. The molecule has 0 aliphatic heterocycles. The second kappa shape index (κ2) is 5.58. The molecule has 1 N–H and O–H groups in total. The summed E-state index contributed by atoms with van der Waals surface area (Å²) in [6.07, 6.45) is 2.09. The van der Waals surface area contributed by atoms with E-state index in [0.29, 0.717) is 6.04 Å². The molecule has 0 aliphatic carbocycles. The zero-order valence-corrected chi connectivity index (χ0v) is 9.66. The number of nitrogens with one attached hydrogen (secondary N) is 1. The SMILES string of the molecule is CNC(CS)c1ccc(SC)cc1. The number of benzene rings is 1. The summed E-state index contributed by atoms with van der Waals surface area (Å²) in [5.41, 5.74) is 1.30. The van der Waals surface area contributed by atoms with E-state index in [2.05, 4.69) is 48.5 Å². The fourth-order valence-electron chi connectivity index (χ4n) is 1.20. The Hall–Kier alpha value is -0.120. The number of rotatable bonds is 4. The van der Waals surface area contributed by atoms with Crippen molar-refractivity contribution in [3.8, 4) is 0 Å². The van der Waals surface area contributed by atoms with Crippen LogP contribution in [0.3, 0.4) is 0 Å². The summed E-state index contributed by atoms with van der Waals surface area (Å²) in [5, 5.41) is 3.22. The predicted molar refractivity (Wildman–Crippen MR) is 63.9 cm³/mol. The van der Waals surface area contributed by atoms with Gasteiger partial charge in [0.2, 0.25) is 0 Å². The molecule has 0 aliphatic rings. The lowest BCUT2D eigenvalue weighted by molar-refractivity contribution is 0.663. The van der Waals surface area contributed by atoms with Crippen LogP contribution in [0.1, 0.15) is 11.6 Å². The van der Waals surface area contributed by atoms with Gasteiger partial charge in [0.05, 0.1) is 0 Å². The van der Waals surface area contributed by atoms with Gasteiger partial charge in [0.15, 0.2) is 0 Å². The first kappa shape index (κ1) is 11.0. The van der Waals surface area contributed by atoms with Gasteiger partial charge in [-0.2, -0.15) is 12.6 Å². The van der Waals surface area contributed by atoms with E-state index in [0.717, 1.165) is 5.75 Å². The molecule has 0 bridgehead atoms. The molecule has 1 atom stereocenters. The van der Waals surface area contributed by atoms with Gasteiger partial charge in [0.1, 0.15) is 0 Å². The molecule has 13 heavy (non-hydrogen) atoms. The Morgan fingerprint density at radius 3 is 2.38 bits per heavy atom. The van der Waals surface area contributed by atoms with E-state index >= 15 is 0 Å².